The molecule has 0 radical (unpaired) electrons. The van der Waals surface area contributed by atoms with E-state index in [1.165, 1.54) is 5.06 Å². The zero-order chi connectivity index (χ0) is 13.5. The average Bonchev–Trinajstić information content (AvgIpc) is 2.56. The summed E-state index contributed by atoms with van der Waals surface area (Å²) in [7, 11) is 0. The van der Waals surface area contributed by atoms with Crippen molar-refractivity contribution in [2.45, 2.75) is 20.4 Å². The van der Waals surface area contributed by atoms with E-state index >= 15 is 0 Å². The van der Waals surface area contributed by atoms with Crippen LogP contribution in [0.4, 0.5) is 5.69 Å². The maximum Gasteiger partial charge on any atom is 0.254 e. The minimum atomic E-state index is -0.514. The molecule has 4 nitrogen and oxygen atoms in total. The van der Waals surface area contributed by atoms with Crippen molar-refractivity contribution < 1.29 is 9.63 Å². The summed E-state index contributed by atoms with van der Waals surface area (Å²) < 4.78 is 0. The van der Waals surface area contributed by atoms with Gasteiger partial charge in [-0.05, 0) is 26.0 Å². The minimum Gasteiger partial charge on any atom is -0.398 e. The summed E-state index contributed by atoms with van der Waals surface area (Å²) in [5, 5.41) is 2.05. The highest BCUT2D eigenvalue weighted by Gasteiger charge is 2.40. The Morgan fingerprint density at radius 3 is 2.67 bits per heavy atom. The fraction of sp³-hybridized carbons (Fsp3) is 0.417. The molecule has 1 aromatic carbocycles. The number of carbonyl (C=O) groups is 1. The smallest absolute Gasteiger partial charge is 0.254 e. The van der Waals surface area contributed by atoms with Crippen molar-refractivity contribution >= 4 is 34.8 Å². The topological polar surface area (TPSA) is 55.6 Å². The molecule has 2 N–H and O–H groups in total. The van der Waals surface area contributed by atoms with Gasteiger partial charge in [0.25, 0.3) is 5.91 Å². The molecule has 0 unspecified atom stereocenters. The molecule has 0 bridgehead atoms. The molecule has 18 heavy (non-hydrogen) atoms. The molecule has 1 fully saturated rings. The highest BCUT2D eigenvalue weighted by atomic mass is 35.5. The molecular formula is C12H14Cl2N2O2. The molecule has 1 saturated heterocycles. The second kappa shape index (κ2) is 4.61. The van der Waals surface area contributed by atoms with Crippen molar-refractivity contribution in [2.24, 2.45) is 5.41 Å². The van der Waals surface area contributed by atoms with Crippen LogP contribution in [-0.2, 0) is 16.2 Å². The molecule has 1 aliphatic heterocycles. The summed E-state index contributed by atoms with van der Waals surface area (Å²) in [6.07, 6.45) is 0. The minimum absolute atomic E-state index is 0.0852. The molecule has 0 atom stereocenters. The number of amides is 1. The van der Waals surface area contributed by atoms with Crippen LogP contribution in [0.3, 0.4) is 0 Å². The molecule has 6 heteroatoms. The van der Waals surface area contributed by atoms with E-state index < -0.39 is 5.41 Å². The molecule has 1 aliphatic rings. The van der Waals surface area contributed by atoms with Crippen LogP contribution < -0.4 is 5.73 Å². The number of anilines is 1. The van der Waals surface area contributed by atoms with Gasteiger partial charge in [0.05, 0.1) is 28.6 Å². The second-order valence-electron chi connectivity index (χ2n) is 4.93. The highest BCUT2D eigenvalue weighted by Crippen LogP contribution is 2.34. The zero-order valence-corrected chi connectivity index (χ0v) is 11.7. The normalized spacial score (nSPS) is 18.4. The molecular weight excluding hydrogens is 275 g/mol. The monoisotopic (exact) mass is 288 g/mol. The highest BCUT2D eigenvalue weighted by molar-refractivity contribution is 6.42. The Bertz CT molecular complexity index is 503. The predicted molar refractivity (Wildman–Crippen MR) is 71.2 cm³/mol. The van der Waals surface area contributed by atoms with Crippen molar-refractivity contribution in [3.63, 3.8) is 0 Å². The van der Waals surface area contributed by atoms with E-state index in [1.807, 2.05) is 13.8 Å². The molecule has 2 rings (SSSR count). The Morgan fingerprint density at radius 2 is 2.11 bits per heavy atom. The van der Waals surface area contributed by atoms with E-state index in [9.17, 15) is 4.79 Å². The van der Waals surface area contributed by atoms with Crippen molar-refractivity contribution in [3.8, 4) is 0 Å². The van der Waals surface area contributed by atoms with E-state index in [0.29, 0.717) is 27.9 Å². The van der Waals surface area contributed by atoms with Crippen molar-refractivity contribution in [2.75, 3.05) is 12.3 Å². The summed E-state index contributed by atoms with van der Waals surface area (Å²) in [6, 6.07) is 3.29. The second-order valence-corrected chi connectivity index (χ2v) is 5.71. The van der Waals surface area contributed by atoms with E-state index in [-0.39, 0.29) is 12.5 Å². The van der Waals surface area contributed by atoms with Gasteiger partial charge in [0.15, 0.2) is 0 Å². The Hall–Kier alpha value is -0.970. The molecule has 1 heterocycles. The maximum absolute atomic E-state index is 12.0. The first-order valence-corrected chi connectivity index (χ1v) is 6.26. The summed E-state index contributed by atoms with van der Waals surface area (Å²) >= 11 is 12.0. The van der Waals surface area contributed by atoms with Crippen LogP contribution in [0.1, 0.15) is 19.4 Å². The molecule has 0 aromatic heterocycles. The van der Waals surface area contributed by atoms with E-state index in [2.05, 4.69) is 0 Å². The number of nitrogens with zero attached hydrogens (tertiary/aromatic N) is 1. The molecule has 0 spiro atoms. The van der Waals surface area contributed by atoms with E-state index in [1.54, 1.807) is 12.1 Å². The Kier molecular flexibility index (Phi) is 3.45. The molecule has 0 aliphatic carbocycles. The summed E-state index contributed by atoms with van der Waals surface area (Å²) in [6.45, 7) is 4.22. The van der Waals surface area contributed by atoms with E-state index in [0.717, 1.165) is 0 Å². The van der Waals surface area contributed by atoms with Gasteiger partial charge in [0.1, 0.15) is 0 Å². The number of nitrogens with two attached hydrogens (primary N) is 1. The fourth-order valence-corrected chi connectivity index (χ4v) is 2.14. The SMILES string of the molecule is CC1(C)CON(Cc2c(N)ccc(Cl)c2Cl)C1=O. The maximum atomic E-state index is 12.0. The molecule has 0 saturated carbocycles. The van der Waals surface area contributed by atoms with Gasteiger partial charge < -0.3 is 5.73 Å². The first kappa shape index (κ1) is 13.5. The van der Waals surface area contributed by atoms with Gasteiger partial charge in [-0.2, -0.15) is 0 Å². The van der Waals surface area contributed by atoms with Gasteiger partial charge in [-0.15, -0.1) is 0 Å². The summed E-state index contributed by atoms with van der Waals surface area (Å²) in [4.78, 5) is 17.4. The third-order valence-electron chi connectivity index (χ3n) is 2.92. The van der Waals surface area contributed by atoms with Crippen molar-refractivity contribution in [1.82, 2.24) is 5.06 Å². The Labute approximate surface area is 116 Å². The van der Waals surface area contributed by atoms with Gasteiger partial charge in [-0.1, -0.05) is 23.2 Å². The number of hydrogen-bond acceptors (Lipinski definition) is 3. The van der Waals surface area contributed by atoms with Crippen LogP contribution in [-0.4, -0.2) is 17.6 Å². The molecule has 98 valence electrons. The van der Waals surface area contributed by atoms with Gasteiger partial charge in [0.2, 0.25) is 0 Å². The average molecular weight is 289 g/mol. The number of halogens is 2. The summed E-state index contributed by atoms with van der Waals surface area (Å²) in [5.74, 6) is -0.0852. The fourth-order valence-electron chi connectivity index (χ4n) is 1.73. The number of carbonyl (C=O) groups excluding carboxylic acids is 1. The largest absolute Gasteiger partial charge is 0.398 e. The van der Waals surface area contributed by atoms with Crippen LogP contribution >= 0.6 is 23.2 Å². The number of benzene rings is 1. The first-order valence-electron chi connectivity index (χ1n) is 5.50. The van der Waals surface area contributed by atoms with Crippen LogP contribution in [0.25, 0.3) is 0 Å². The Morgan fingerprint density at radius 1 is 1.44 bits per heavy atom. The van der Waals surface area contributed by atoms with Gasteiger partial charge >= 0.3 is 0 Å². The summed E-state index contributed by atoms with van der Waals surface area (Å²) in [5.41, 5.74) is 6.43. The first-order chi connectivity index (χ1) is 8.33. The number of nitrogen functional groups attached to an aromatic ring is 1. The van der Waals surface area contributed by atoms with Gasteiger partial charge in [0, 0.05) is 11.3 Å². The van der Waals surface area contributed by atoms with Crippen molar-refractivity contribution in [3.05, 3.63) is 27.7 Å². The number of rotatable bonds is 2. The third kappa shape index (κ3) is 2.28. The van der Waals surface area contributed by atoms with Crippen LogP contribution in [0, 0.1) is 5.41 Å². The zero-order valence-electron chi connectivity index (χ0n) is 10.2. The van der Waals surface area contributed by atoms with Crippen LogP contribution in [0.5, 0.6) is 0 Å². The van der Waals surface area contributed by atoms with E-state index in [4.69, 9.17) is 33.8 Å². The Balaban J connectivity index is 2.26. The lowest BCUT2D eigenvalue weighted by Gasteiger charge is -2.18. The van der Waals surface area contributed by atoms with Crippen molar-refractivity contribution in [1.29, 1.82) is 0 Å². The number of hydrogen-bond donors (Lipinski definition) is 1. The number of hydroxylamine groups is 2. The van der Waals surface area contributed by atoms with Gasteiger partial charge in [-0.25, -0.2) is 5.06 Å². The van der Waals surface area contributed by atoms with Crippen LogP contribution in [0.15, 0.2) is 12.1 Å². The standard InChI is InChI=1S/C12H14Cl2N2O2/c1-12(2)6-18-16(11(12)17)5-7-9(15)4-3-8(13)10(7)14/h3-4H,5-6,15H2,1-2H3. The quantitative estimate of drug-likeness (QED) is 0.852. The third-order valence-corrected chi connectivity index (χ3v) is 3.76. The van der Waals surface area contributed by atoms with Crippen LogP contribution in [0.2, 0.25) is 10.0 Å². The lowest BCUT2D eigenvalue weighted by molar-refractivity contribution is -0.165. The predicted octanol–water partition coefficient (Wildman–Crippen LogP) is 2.88. The lowest BCUT2D eigenvalue weighted by Crippen LogP contribution is -2.30. The lowest BCUT2D eigenvalue weighted by atomic mass is 9.95. The molecule has 1 amide bonds. The molecule has 1 aromatic rings. The van der Waals surface area contributed by atoms with Gasteiger partial charge in [-0.3, -0.25) is 9.63 Å².